The molecule has 4 rings (SSSR count). The maximum absolute atomic E-state index is 12.7. The van der Waals surface area contributed by atoms with Gasteiger partial charge in [0.15, 0.2) is 11.2 Å². The van der Waals surface area contributed by atoms with Crippen molar-refractivity contribution < 1.29 is 14.3 Å². The van der Waals surface area contributed by atoms with Gasteiger partial charge in [0.05, 0.1) is 23.7 Å². The van der Waals surface area contributed by atoms with Gasteiger partial charge in [0.25, 0.3) is 5.91 Å². The van der Waals surface area contributed by atoms with E-state index in [9.17, 15) is 14.7 Å². The summed E-state index contributed by atoms with van der Waals surface area (Å²) >= 11 is 0. The Balaban J connectivity index is 1.63. The number of nitrogens with zero attached hydrogens (tertiary/aromatic N) is 2. The molecule has 134 valence electrons. The summed E-state index contributed by atoms with van der Waals surface area (Å²) in [6, 6.07) is 7.75. The normalized spacial score (nSPS) is 20.5. The Morgan fingerprint density at radius 1 is 1.38 bits per heavy atom. The number of aromatic nitrogens is 2. The van der Waals surface area contributed by atoms with E-state index in [1.165, 1.54) is 6.07 Å². The van der Waals surface area contributed by atoms with Crippen molar-refractivity contribution in [2.45, 2.75) is 25.0 Å². The number of para-hydroxylation sites is 1. The number of fused-ring (bicyclic) bond motifs is 1. The first-order chi connectivity index (χ1) is 12.5. The second-order valence-corrected chi connectivity index (χ2v) is 6.75. The fourth-order valence-corrected chi connectivity index (χ4v) is 3.40. The van der Waals surface area contributed by atoms with Crippen LogP contribution in [0.25, 0.3) is 11.0 Å². The molecule has 2 heterocycles. The molecule has 7 heteroatoms. The third-order valence-corrected chi connectivity index (χ3v) is 4.85. The summed E-state index contributed by atoms with van der Waals surface area (Å²) in [5.74, 6) is -0.365. The second-order valence-electron chi connectivity index (χ2n) is 6.75. The Morgan fingerprint density at radius 3 is 2.85 bits per heavy atom. The Bertz CT molecular complexity index is 1020. The zero-order valence-electron chi connectivity index (χ0n) is 14.3. The molecule has 1 atom stereocenters. The zero-order valence-corrected chi connectivity index (χ0v) is 14.3. The van der Waals surface area contributed by atoms with Crippen LogP contribution in [0.4, 0.5) is 0 Å². The molecule has 0 bridgehead atoms. The number of carbonyl (C=O) groups is 1. The van der Waals surface area contributed by atoms with Crippen LogP contribution in [0, 0.1) is 5.92 Å². The van der Waals surface area contributed by atoms with Gasteiger partial charge in [-0.05, 0) is 30.9 Å². The molecule has 1 aliphatic carbocycles. The summed E-state index contributed by atoms with van der Waals surface area (Å²) < 4.78 is 7.28. The minimum atomic E-state index is -0.455. The van der Waals surface area contributed by atoms with Gasteiger partial charge >= 0.3 is 0 Å². The fraction of sp³-hybridized carbons (Fsp3) is 0.316. The molecular weight excluding hydrogens is 334 g/mol. The molecule has 1 saturated carbocycles. The summed E-state index contributed by atoms with van der Waals surface area (Å²) in [6.45, 7) is 0. The maximum Gasteiger partial charge on any atom is 0.287 e. The predicted octanol–water partition coefficient (Wildman–Crippen LogP) is 1.77. The van der Waals surface area contributed by atoms with Crippen molar-refractivity contribution in [3.8, 4) is 0 Å². The molecule has 1 amide bonds. The van der Waals surface area contributed by atoms with E-state index >= 15 is 0 Å². The number of benzene rings is 1. The summed E-state index contributed by atoms with van der Waals surface area (Å²) in [6.07, 6.45) is 4.43. The minimum Gasteiger partial charge on any atom is -0.451 e. The van der Waals surface area contributed by atoms with Crippen LogP contribution in [0.15, 0.2) is 51.9 Å². The molecule has 0 aliphatic heterocycles. The van der Waals surface area contributed by atoms with Crippen molar-refractivity contribution in [1.82, 2.24) is 15.1 Å². The molecule has 1 aliphatic rings. The highest BCUT2D eigenvalue weighted by molar-refractivity contribution is 5.93. The number of amides is 1. The molecular formula is C19H19N3O4. The first-order valence-electron chi connectivity index (χ1n) is 8.51. The quantitative estimate of drug-likeness (QED) is 0.745. The van der Waals surface area contributed by atoms with Gasteiger partial charge in [0.1, 0.15) is 5.58 Å². The molecule has 3 aromatic rings. The number of aliphatic hydroxyl groups excluding tert-OH is 1. The van der Waals surface area contributed by atoms with Gasteiger partial charge in [-0.15, -0.1) is 0 Å². The number of nitrogens with one attached hydrogen (secondary N) is 1. The average molecular weight is 353 g/mol. The lowest BCUT2D eigenvalue weighted by molar-refractivity contribution is 0.0232. The van der Waals surface area contributed by atoms with Crippen molar-refractivity contribution in [3.05, 3.63) is 64.3 Å². The fourth-order valence-electron chi connectivity index (χ4n) is 3.40. The summed E-state index contributed by atoms with van der Waals surface area (Å²) in [4.78, 5) is 24.9. The molecule has 2 N–H and O–H groups in total. The number of aryl methyl sites for hydroxylation is 1. The highest BCUT2D eigenvalue weighted by atomic mass is 16.3. The molecule has 1 aromatic carbocycles. The van der Waals surface area contributed by atoms with Gasteiger partial charge in [0.2, 0.25) is 0 Å². The largest absolute Gasteiger partial charge is 0.451 e. The van der Waals surface area contributed by atoms with Gasteiger partial charge in [-0.3, -0.25) is 14.3 Å². The Kier molecular flexibility index (Phi) is 4.08. The average Bonchev–Trinajstić information content (AvgIpc) is 3.03. The van der Waals surface area contributed by atoms with Crippen LogP contribution in [0.1, 0.15) is 35.0 Å². The zero-order chi connectivity index (χ0) is 18.3. The first-order valence-corrected chi connectivity index (χ1v) is 8.51. The SMILES string of the molecule is Cn1cc(C(NC(=O)c2cc(=O)c3ccccc3o2)C2CC(O)C2)cn1. The first kappa shape index (κ1) is 16.5. The molecule has 0 radical (unpaired) electrons. The number of carbonyl (C=O) groups excluding carboxylic acids is 1. The summed E-state index contributed by atoms with van der Waals surface area (Å²) in [5, 5.41) is 17.2. The van der Waals surface area contributed by atoms with Crippen molar-refractivity contribution in [2.75, 3.05) is 0 Å². The Labute approximate surface area is 149 Å². The van der Waals surface area contributed by atoms with Crippen molar-refractivity contribution in [1.29, 1.82) is 0 Å². The topological polar surface area (TPSA) is 97.4 Å². The van der Waals surface area contributed by atoms with E-state index in [1.807, 2.05) is 6.20 Å². The van der Waals surface area contributed by atoms with Crippen LogP contribution in [0.5, 0.6) is 0 Å². The van der Waals surface area contributed by atoms with Gasteiger partial charge in [-0.1, -0.05) is 12.1 Å². The van der Waals surface area contributed by atoms with Gasteiger partial charge in [-0.2, -0.15) is 5.10 Å². The molecule has 2 aromatic heterocycles. The van der Waals surface area contributed by atoms with Crippen LogP contribution in [-0.2, 0) is 7.05 Å². The molecule has 1 fully saturated rings. The van der Waals surface area contributed by atoms with E-state index in [-0.39, 0.29) is 29.3 Å². The van der Waals surface area contributed by atoms with E-state index in [1.54, 1.807) is 42.2 Å². The van der Waals surface area contributed by atoms with E-state index < -0.39 is 5.91 Å². The van der Waals surface area contributed by atoms with Crippen LogP contribution in [0.2, 0.25) is 0 Å². The molecule has 7 nitrogen and oxygen atoms in total. The Morgan fingerprint density at radius 2 is 2.15 bits per heavy atom. The molecule has 1 unspecified atom stereocenters. The van der Waals surface area contributed by atoms with E-state index in [0.29, 0.717) is 23.8 Å². The van der Waals surface area contributed by atoms with Crippen LogP contribution >= 0.6 is 0 Å². The minimum absolute atomic E-state index is 0.0255. The number of rotatable bonds is 4. The van der Waals surface area contributed by atoms with Crippen molar-refractivity contribution in [3.63, 3.8) is 0 Å². The lowest BCUT2D eigenvalue weighted by Gasteiger charge is -2.37. The van der Waals surface area contributed by atoms with Crippen LogP contribution in [0.3, 0.4) is 0 Å². The Hall–Kier alpha value is -2.93. The second kappa shape index (κ2) is 6.42. The number of aliphatic hydroxyl groups is 1. The standard InChI is InChI=1S/C19H19N3O4/c1-22-10-12(9-20-22)18(11-6-13(23)7-11)21-19(25)17-8-15(24)14-4-2-3-5-16(14)26-17/h2-5,8-11,13,18,23H,6-7H2,1H3,(H,21,25). The lowest BCUT2D eigenvalue weighted by atomic mass is 9.75. The molecule has 26 heavy (non-hydrogen) atoms. The molecule has 0 spiro atoms. The van der Waals surface area contributed by atoms with Crippen molar-refractivity contribution >= 4 is 16.9 Å². The van der Waals surface area contributed by atoms with Crippen LogP contribution in [-0.4, -0.2) is 26.9 Å². The van der Waals surface area contributed by atoms with Gasteiger partial charge in [0, 0.05) is 24.9 Å². The maximum atomic E-state index is 12.7. The third kappa shape index (κ3) is 3.01. The van der Waals surface area contributed by atoms with Gasteiger partial charge < -0.3 is 14.8 Å². The van der Waals surface area contributed by atoms with Gasteiger partial charge in [-0.25, -0.2) is 0 Å². The predicted molar refractivity (Wildman–Crippen MR) is 94.6 cm³/mol. The smallest absolute Gasteiger partial charge is 0.287 e. The lowest BCUT2D eigenvalue weighted by Crippen LogP contribution is -2.41. The highest BCUT2D eigenvalue weighted by Crippen LogP contribution is 2.38. The summed E-state index contributed by atoms with van der Waals surface area (Å²) in [7, 11) is 1.81. The van der Waals surface area contributed by atoms with E-state index in [4.69, 9.17) is 4.42 Å². The highest BCUT2D eigenvalue weighted by Gasteiger charge is 2.36. The van der Waals surface area contributed by atoms with Crippen molar-refractivity contribution in [2.24, 2.45) is 13.0 Å². The van der Waals surface area contributed by atoms with Crippen LogP contribution < -0.4 is 10.7 Å². The number of hydrogen-bond acceptors (Lipinski definition) is 5. The third-order valence-electron chi connectivity index (χ3n) is 4.85. The monoisotopic (exact) mass is 353 g/mol. The van der Waals surface area contributed by atoms with E-state index in [2.05, 4.69) is 10.4 Å². The molecule has 0 saturated heterocycles. The summed E-state index contributed by atoms with van der Waals surface area (Å²) in [5.41, 5.74) is 0.983. The number of hydrogen-bond donors (Lipinski definition) is 2. The van der Waals surface area contributed by atoms with E-state index in [0.717, 1.165) is 5.56 Å².